The Labute approximate surface area is 139 Å². The molecule has 0 N–H and O–H groups in total. The summed E-state index contributed by atoms with van der Waals surface area (Å²) in [6.07, 6.45) is -3.05. The van der Waals surface area contributed by atoms with Gasteiger partial charge < -0.3 is 9.47 Å². The Balaban J connectivity index is 1.96. The average Bonchev–Trinajstić information content (AvgIpc) is 2.58. The first-order valence-corrected chi connectivity index (χ1v) is 7.54. The van der Waals surface area contributed by atoms with Crippen molar-refractivity contribution in [2.75, 3.05) is 13.7 Å². The molecule has 0 heterocycles. The van der Waals surface area contributed by atoms with Gasteiger partial charge in [0.05, 0.1) is 25.9 Å². The van der Waals surface area contributed by atoms with Crippen molar-refractivity contribution in [3.8, 4) is 5.75 Å². The molecule has 2 nitrogen and oxygen atoms in total. The van der Waals surface area contributed by atoms with E-state index in [0.29, 0.717) is 12.4 Å². The molecule has 0 fully saturated rings. The third kappa shape index (κ3) is 5.42. The summed E-state index contributed by atoms with van der Waals surface area (Å²) in [6.45, 7) is 0.614. The van der Waals surface area contributed by atoms with Gasteiger partial charge in [-0.1, -0.05) is 48.5 Å². The molecule has 0 spiro atoms. The summed E-state index contributed by atoms with van der Waals surface area (Å²) in [5.74, 6) is 0.520. The Kier molecular flexibility index (Phi) is 6.44. The van der Waals surface area contributed by atoms with Gasteiger partial charge in [0.15, 0.2) is 0 Å². The molecule has 0 atom stereocenters. The SMILES string of the molecule is COc1ccc(/C(=C/CCOCc2ccccc2)C(F)(F)F)cc1. The predicted octanol–water partition coefficient (Wildman–Crippen LogP) is 5.25. The molecule has 0 aliphatic heterocycles. The lowest BCUT2D eigenvalue weighted by molar-refractivity contribution is -0.0691. The maximum absolute atomic E-state index is 13.2. The van der Waals surface area contributed by atoms with Gasteiger partial charge in [0.2, 0.25) is 0 Å². The Bertz CT molecular complexity index is 647. The first kappa shape index (κ1) is 18.1. The van der Waals surface area contributed by atoms with E-state index in [4.69, 9.17) is 9.47 Å². The number of benzene rings is 2. The Morgan fingerprint density at radius 1 is 1.00 bits per heavy atom. The van der Waals surface area contributed by atoms with E-state index in [0.717, 1.165) is 5.56 Å². The van der Waals surface area contributed by atoms with Crippen LogP contribution in [0.15, 0.2) is 60.7 Å². The first-order valence-electron chi connectivity index (χ1n) is 7.54. The standard InChI is InChI=1S/C19H19F3O2/c1-23-17-11-9-16(10-12-17)18(19(20,21)22)8-5-13-24-14-15-6-3-2-4-7-15/h2-4,6-12H,5,13-14H2,1H3/b18-8-. The van der Waals surface area contributed by atoms with Gasteiger partial charge >= 0.3 is 6.18 Å². The zero-order valence-corrected chi connectivity index (χ0v) is 13.3. The summed E-state index contributed by atoms with van der Waals surface area (Å²) in [5.41, 5.74) is 0.451. The largest absolute Gasteiger partial charge is 0.497 e. The number of alkyl halides is 3. The zero-order valence-electron chi connectivity index (χ0n) is 13.3. The molecular formula is C19H19F3O2. The van der Waals surface area contributed by atoms with Crippen molar-refractivity contribution in [3.63, 3.8) is 0 Å². The molecule has 0 aliphatic rings. The summed E-state index contributed by atoms with van der Waals surface area (Å²) in [4.78, 5) is 0. The van der Waals surface area contributed by atoms with E-state index in [2.05, 4.69) is 0 Å². The van der Waals surface area contributed by atoms with Crippen LogP contribution in [0.4, 0.5) is 13.2 Å². The Morgan fingerprint density at radius 3 is 2.25 bits per heavy atom. The fourth-order valence-electron chi connectivity index (χ4n) is 2.22. The lowest BCUT2D eigenvalue weighted by Gasteiger charge is -2.13. The van der Waals surface area contributed by atoms with Crippen LogP contribution in [0.2, 0.25) is 0 Å². The highest BCUT2D eigenvalue weighted by Gasteiger charge is 2.34. The zero-order chi connectivity index (χ0) is 17.4. The van der Waals surface area contributed by atoms with Gasteiger partial charge in [0.1, 0.15) is 5.75 Å². The molecule has 128 valence electrons. The van der Waals surface area contributed by atoms with Crippen LogP contribution in [0.25, 0.3) is 5.57 Å². The molecule has 0 unspecified atom stereocenters. The Hall–Kier alpha value is -2.27. The molecule has 0 saturated heterocycles. The number of ether oxygens (including phenoxy) is 2. The number of halogens is 3. The molecule has 2 rings (SSSR count). The van der Waals surface area contributed by atoms with E-state index in [1.54, 1.807) is 0 Å². The fraction of sp³-hybridized carbons (Fsp3) is 0.263. The van der Waals surface area contributed by atoms with E-state index < -0.39 is 11.7 Å². The minimum absolute atomic E-state index is 0.117. The van der Waals surface area contributed by atoms with Crippen molar-refractivity contribution in [1.29, 1.82) is 0 Å². The maximum atomic E-state index is 13.2. The van der Waals surface area contributed by atoms with Crippen LogP contribution in [0, 0.1) is 0 Å². The van der Waals surface area contributed by atoms with E-state index in [-0.39, 0.29) is 18.6 Å². The normalized spacial score (nSPS) is 12.2. The van der Waals surface area contributed by atoms with Crippen LogP contribution in [-0.4, -0.2) is 19.9 Å². The van der Waals surface area contributed by atoms with Gasteiger partial charge in [0, 0.05) is 0 Å². The molecule has 0 saturated carbocycles. The van der Waals surface area contributed by atoms with E-state index in [9.17, 15) is 13.2 Å². The highest BCUT2D eigenvalue weighted by atomic mass is 19.4. The number of methoxy groups -OCH3 is 1. The van der Waals surface area contributed by atoms with Crippen LogP contribution < -0.4 is 4.74 Å². The average molecular weight is 336 g/mol. The second-order valence-electron chi connectivity index (χ2n) is 5.17. The topological polar surface area (TPSA) is 18.5 Å². The van der Waals surface area contributed by atoms with Crippen LogP contribution in [0.5, 0.6) is 5.75 Å². The van der Waals surface area contributed by atoms with Gasteiger partial charge in [-0.25, -0.2) is 0 Å². The molecule has 5 heteroatoms. The maximum Gasteiger partial charge on any atom is 0.416 e. The molecule has 0 amide bonds. The predicted molar refractivity (Wildman–Crippen MR) is 87.7 cm³/mol. The van der Waals surface area contributed by atoms with Crippen molar-refractivity contribution >= 4 is 5.57 Å². The van der Waals surface area contributed by atoms with E-state index >= 15 is 0 Å². The molecular weight excluding hydrogens is 317 g/mol. The quantitative estimate of drug-likeness (QED) is 0.643. The van der Waals surface area contributed by atoms with Gasteiger partial charge in [0.25, 0.3) is 0 Å². The molecule has 0 radical (unpaired) electrons. The third-order valence-electron chi connectivity index (χ3n) is 3.43. The number of hydrogen-bond donors (Lipinski definition) is 0. The van der Waals surface area contributed by atoms with Crippen molar-refractivity contribution in [1.82, 2.24) is 0 Å². The summed E-state index contributed by atoms with van der Waals surface area (Å²) in [6, 6.07) is 15.3. The van der Waals surface area contributed by atoms with Crippen LogP contribution >= 0.6 is 0 Å². The minimum atomic E-state index is -4.41. The van der Waals surface area contributed by atoms with Gasteiger partial charge in [-0.2, -0.15) is 13.2 Å². The first-order chi connectivity index (χ1) is 11.5. The molecule has 2 aromatic carbocycles. The Morgan fingerprint density at radius 2 is 1.67 bits per heavy atom. The van der Waals surface area contributed by atoms with Crippen molar-refractivity contribution in [3.05, 3.63) is 71.8 Å². The summed E-state index contributed by atoms with van der Waals surface area (Å²) >= 11 is 0. The number of allylic oxidation sites excluding steroid dienone is 1. The van der Waals surface area contributed by atoms with Gasteiger partial charge in [-0.05, 0) is 29.7 Å². The molecule has 0 bridgehead atoms. The fourth-order valence-corrected chi connectivity index (χ4v) is 2.22. The number of hydrogen-bond acceptors (Lipinski definition) is 2. The molecule has 0 aliphatic carbocycles. The number of rotatable bonds is 7. The second kappa shape index (κ2) is 8.55. The highest BCUT2D eigenvalue weighted by molar-refractivity contribution is 5.70. The van der Waals surface area contributed by atoms with E-state index in [1.165, 1.54) is 37.5 Å². The monoisotopic (exact) mass is 336 g/mol. The van der Waals surface area contributed by atoms with Crippen molar-refractivity contribution in [2.24, 2.45) is 0 Å². The van der Waals surface area contributed by atoms with Crippen LogP contribution in [0.3, 0.4) is 0 Å². The smallest absolute Gasteiger partial charge is 0.416 e. The summed E-state index contributed by atoms with van der Waals surface area (Å²) < 4.78 is 50.1. The highest BCUT2D eigenvalue weighted by Crippen LogP contribution is 2.34. The lowest BCUT2D eigenvalue weighted by Crippen LogP contribution is -2.11. The lowest BCUT2D eigenvalue weighted by atomic mass is 10.0. The second-order valence-corrected chi connectivity index (χ2v) is 5.17. The molecule has 24 heavy (non-hydrogen) atoms. The third-order valence-corrected chi connectivity index (χ3v) is 3.43. The van der Waals surface area contributed by atoms with Crippen molar-refractivity contribution in [2.45, 2.75) is 19.2 Å². The molecule has 0 aromatic heterocycles. The summed E-state index contributed by atoms with van der Waals surface area (Å²) in [7, 11) is 1.47. The van der Waals surface area contributed by atoms with Gasteiger partial charge in [-0.15, -0.1) is 0 Å². The van der Waals surface area contributed by atoms with Crippen LogP contribution in [0.1, 0.15) is 17.5 Å². The van der Waals surface area contributed by atoms with Crippen LogP contribution in [-0.2, 0) is 11.3 Å². The van der Waals surface area contributed by atoms with E-state index in [1.807, 2.05) is 30.3 Å². The van der Waals surface area contributed by atoms with Crippen molar-refractivity contribution < 1.29 is 22.6 Å². The van der Waals surface area contributed by atoms with Gasteiger partial charge in [-0.3, -0.25) is 0 Å². The summed E-state index contributed by atoms with van der Waals surface area (Å²) in [5, 5.41) is 0. The molecule has 2 aromatic rings. The minimum Gasteiger partial charge on any atom is -0.497 e.